The van der Waals surface area contributed by atoms with Gasteiger partial charge in [0, 0.05) is 29.9 Å². The molecule has 4 rings (SSSR count). The Labute approximate surface area is 162 Å². The predicted octanol–water partition coefficient (Wildman–Crippen LogP) is 3.35. The Morgan fingerprint density at radius 2 is 1.82 bits per heavy atom. The third-order valence-corrected chi connectivity index (χ3v) is 4.77. The Morgan fingerprint density at radius 3 is 2.46 bits per heavy atom. The summed E-state index contributed by atoms with van der Waals surface area (Å²) in [7, 11) is 0. The number of rotatable bonds is 4. The predicted molar refractivity (Wildman–Crippen MR) is 105 cm³/mol. The molecule has 2 aromatic carbocycles. The second-order valence-corrected chi connectivity index (χ2v) is 6.95. The number of anilines is 2. The summed E-state index contributed by atoms with van der Waals surface area (Å²) in [6, 6.07) is 14.9. The van der Waals surface area contributed by atoms with Crippen molar-refractivity contribution in [3.8, 4) is 11.5 Å². The average molecular weight is 376 g/mol. The highest BCUT2D eigenvalue weighted by Gasteiger charge is 2.35. The van der Waals surface area contributed by atoms with E-state index < -0.39 is 0 Å². The molecule has 28 heavy (non-hydrogen) atoms. The highest BCUT2D eigenvalue weighted by Crippen LogP contribution is 2.27. The van der Waals surface area contributed by atoms with E-state index in [0.717, 1.165) is 16.8 Å². The van der Waals surface area contributed by atoms with E-state index in [4.69, 9.17) is 4.52 Å². The number of amides is 2. The first-order valence-electron chi connectivity index (χ1n) is 9.08. The van der Waals surface area contributed by atoms with Crippen LogP contribution in [0.15, 0.2) is 53.1 Å². The zero-order chi connectivity index (χ0) is 19.7. The van der Waals surface area contributed by atoms with Crippen LogP contribution in [0.3, 0.4) is 0 Å². The van der Waals surface area contributed by atoms with E-state index in [1.807, 2.05) is 31.2 Å². The van der Waals surface area contributed by atoms with Gasteiger partial charge in [-0.25, -0.2) is 0 Å². The summed E-state index contributed by atoms with van der Waals surface area (Å²) in [5.41, 5.74) is 3.39. The number of benzene rings is 2. The van der Waals surface area contributed by atoms with Gasteiger partial charge in [-0.1, -0.05) is 22.9 Å². The minimum absolute atomic E-state index is 0.0360. The highest BCUT2D eigenvalue weighted by atomic mass is 16.5. The Morgan fingerprint density at radius 1 is 1.11 bits per heavy atom. The molecule has 0 spiro atoms. The molecule has 7 heteroatoms. The maximum atomic E-state index is 12.6. The number of aromatic nitrogens is 2. The summed E-state index contributed by atoms with van der Waals surface area (Å²) in [5.74, 6) is 0.421. The van der Waals surface area contributed by atoms with Gasteiger partial charge in [-0.3, -0.25) is 9.59 Å². The monoisotopic (exact) mass is 376 g/mol. The Bertz CT molecular complexity index is 1010. The fourth-order valence-corrected chi connectivity index (χ4v) is 3.21. The fraction of sp³-hybridized carbons (Fsp3) is 0.238. The van der Waals surface area contributed by atoms with Gasteiger partial charge in [0.05, 0.1) is 5.92 Å². The first-order valence-corrected chi connectivity index (χ1v) is 9.08. The summed E-state index contributed by atoms with van der Waals surface area (Å²) in [5, 5.41) is 6.65. The molecule has 142 valence electrons. The average Bonchev–Trinajstić information content (AvgIpc) is 3.29. The molecular weight excluding hydrogens is 356 g/mol. The van der Waals surface area contributed by atoms with Crippen molar-refractivity contribution in [2.24, 2.45) is 5.92 Å². The molecule has 1 aromatic heterocycles. The molecule has 3 aromatic rings. The number of nitrogens with zero attached hydrogens (tertiary/aromatic N) is 3. The van der Waals surface area contributed by atoms with E-state index in [1.54, 1.807) is 36.1 Å². The minimum atomic E-state index is -0.382. The maximum Gasteiger partial charge on any atom is 0.257 e. The van der Waals surface area contributed by atoms with Crippen molar-refractivity contribution >= 4 is 23.2 Å². The number of carbonyl (C=O) groups is 2. The molecular formula is C21H20N4O3. The minimum Gasteiger partial charge on any atom is -0.334 e. The molecule has 1 saturated heterocycles. The van der Waals surface area contributed by atoms with E-state index in [2.05, 4.69) is 15.5 Å². The van der Waals surface area contributed by atoms with Crippen LogP contribution in [0.5, 0.6) is 0 Å². The Kier molecular flexibility index (Phi) is 4.65. The lowest BCUT2D eigenvalue weighted by Crippen LogP contribution is -2.28. The van der Waals surface area contributed by atoms with Crippen molar-refractivity contribution in [2.75, 3.05) is 16.8 Å². The number of nitrogens with one attached hydrogen (secondary N) is 1. The molecule has 0 bridgehead atoms. The van der Waals surface area contributed by atoms with Crippen LogP contribution in [-0.4, -0.2) is 28.5 Å². The smallest absolute Gasteiger partial charge is 0.257 e. The normalized spacial score (nSPS) is 16.4. The van der Waals surface area contributed by atoms with Gasteiger partial charge in [0.15, 0.2) is 5.82 Å². The third kappa shape index (κ3) is 3.64. The molecule has 1 N–H and O–H groups in total. The van der Waals surface area contributed by atoms with Crippen molar-refractivity contribution in [3.63, 3.8) is 0 Å². The quantitative estimate of drug-likeness (QED) is 0.754. The summed E-state index contributed by atoms with van der Waals surface area (Å²) in [6.07, 6.45) is 0.207. The van der Waals surface area contributed by atoms with E-state index >= 15 is 0 Å². The van der Waals surface area contributed by atoms with Gasteiger partial charge >= 0.3 is 0 Å². The standard InChI is InChI=1S/C21H20N4O3/c1-13-3-9-18(10-4-13)25-12-16(11-19(25)26)20(27)23-17-7-5-15(6-8-17)21-22-14(2)24-28-21/h3-10,16H,11-12H2,1-2H3,(H,23,27)/t16-/m1/s1. The van der Waals surface area contributed by atoms with Crippen molar-refractivity contribution in [3.05, 3.63) is 59.9 Å². The van der Waals surface area contributed by atoms with Crippen molar-refractivity contribution in [1.29, 1.82) is 0 Å². The van der Waals surface area contributed by atoms with Gasteiger partial charge in [0.25, 0.3) is 5.89 Å². The van der Waals surface area contributed by atoms with Gasteiger partial charge < -0.3 is 14.7 Å². The zero-order valence-electron chi connectivity index (χ0n) is 15.7. The third-order valence-electron chi connectivity index (χ3n) is 4.77. The topological polar surface area (TPSA) is 88.3 Å². The molecule has 1 fully saturated rings. The number of carbonyl (C=O) groups excluding carboxylic acids is 2. The van der Waals surface area contributed by atoms with E-state index in [-0.39, 0.29) is 24.2 Å². The van der Waals surface area contributed by atoms with Gasteiger partial charge in [-0.2, -0.15) is 4.98 Å². The molecule has 0 unspecified atom stereocenters. The van der Waals surface area contributed by atoms with Gasteiger partial charge in [-0.15, -0.1) is 0 Å². The molecule has 1 atom stereocenters. The van der Waals surface area contributed by atoms with Crippen molar-refractivity contribution < 1.29 is 14.1 Å². The summed E-state index contributed by atoms with van der Waals surface area (Å²) < 4.78 is 5.13. The molecule has 7 nitrogen and oxygen atoms in total. The van der Waals surface area contributed by atoms with Gasteiger partial charge in [0.2, 0.25) is 11.8 Å². The largest absolute Gasteiger partial charge is 0.334 e. The molecule has 1 aliphatic heterocycles. The van der Waals surface area contributed by atoms with Crippen LogP contribution < -0.4 is 10.2 Å². The summed E-state index contributed by atoms with van der Waals surface area (Å²) in [6.45, 7) is 4.13. The van der Waals surface area contributed by atoms with Crippen LogP contribution in [0.2, 0.25) is 0 Å². The molecule has 0 saturated carbocycles. The first kappa shape index (κ1) is 17.9. The van der Waals surface area contributed by atoms with E-state index in [0.29, 0.717) is 23.9 Å². The van der Waals surface area contributed by atoms with Crippen molar-refractivity contribution in [1.82, 2.24) is 10.1 Å². The van der Waals surface area contributed by atoms with Crippen molar-refractivity contribution in [2.45, 2.75) is 20.3 Å². The Hall–Kier alpha value is -3.48. The van der Waals surface area contributed by atoms with Crippen LogP contribution in [-0.2, 0) is 9.59 Å². The van der Waals surface area contributed by atoms with Crippen LogP contribution in [0.4, 0.5) is 11.4 Å². The van der Waals surface area contributed by atoms with E-state index in [9.17, 15) is 9.59 Å². The van der Waals surface area contributed by atoms with Crippen LogP contribution in [0.1, 0.15) is 17.8 Å². The van der Waals surface area contributed by atoms with Crippen LogP contribution >= 0.6 is 0 Å². The zero-order valence-corrected chi connectivity index (χ0v) is 15.7. The number of hydrogen-bond donors (Lipinski definition) is 1. The van der Waals surface area contributed by atoms with E-state index in [1.165, 1.54) is 0 Å². The highest BCUT2D eigenvalue weighted by molar-refractivity contribution is 6.03. The first-order chi connectivity index (χ1) is 13.5. The van der Waals surface area contributed by atoms with Gasteiger partial charge in [-0.05, 0) is 50.2 Å². The lowest BCUT2D eigenvalue weighted by atomic mass is 10.1. The molecule has 0 aliphatic carbocycles. The lowest BCUT2D eigenvalue weighted by Gasteiger charge is -2.17. The van der Waals surface area contributed by atoms with Gasteiger partial charge in [0.1, 0.15) is 0 Å². The Balaban J connectivity index is 1.41. The molecule has 0 radical (unpaired) electrons. The van der Waals surface area contributed by atoms with Crippen LogP contribution in [0.25, 0.3) is 11.5 Å². The second kappa shape index (κ2) is 7.26. The second-order valence-electron chi connectivity index (χ2n) is 6.95. The number of aryl methyl sites for hydroxylation is 2. The number of hydrogen-bond acceptors (Lipinski definition) is 5. The molecule has 2 amide bonds. The lowest BCUT2D eigenvalue weighted by molar-refractivity contribution is -0.122. The molecule has 2 heterocycles. The summed E-state index contributed by atoms with van der Waals surface area (Å²) in [4.78, 5) is 30.8. The summed E-state index contributed by atoms with van der Waals surface area (Å²) >= 11 is 0. The van der Waals surface area contributed by atoms with Crippen LogP contribution in [0, 0.1) is 19.8 Å². The maximum absolute atomic E-state index is 12.6. The SMILES string of the molecule is Cc1ccc(N2C[C@H](C(=O)Nc3ccc(-c4nc(C)no4)cc3)CC2=O)cc1. The fourth-order valence-electron chi connectivity index (χ4n) is 3.21. The molecule has 1 aliphatic rings.